The molecule has 13 heteroatoms. The zero-order chi connectivity index (χ0) is 26.4. The fourth-order valence-corrected chi connectivity index (χ4v) is 5.13. The van der Waals surface area contributed by atoms with Crippen molar-refractivity contribution in [3.63, 3.8) is 0 Å². The van der Waals surface area contributed by atoms with E-state index in [1.807, 2.05) is 0 Å². The van der Waals surface area contributed by atoms with E-state index in [9.17, 15) is 32.7 Å². The molecule has 1 heterocycles. The van der Waals surface area contributed by atoms with Crippen molar-refractivity contribution in [2.24, 2.45) is 0 Å². The lowest BCUT2D eigenvalue weighted by Crippen LogP contribution is -2.51. The van der Waals surface area contributed by atoms with Crippen molar-refractivity contribution in [3.05, 3.63) is 103 Å². The second kappa shape index (κ2) is 9.26. The van der Waals surface area contributed by atoms with E-state index < -0.39 is 33.1 Å². The monoisotopic (exact) mass is 547 g/mol. The molecule has 0 aliphatic heterocycles. The Balaban J connectivity index is 2.12. The Hall–Kier alpha value is -3.93. The van der Waals surface area contributed by atoms with Crippen molar-refractivity contribution >= 4 is 61.7 Å². The Morgan fingerprint density at radius 3 is 2.03 bits per heavy atom. The number of carbonyl (C=O) groups excluding carboxylic acids is 1. The van der Waals surface area contributed by atoms with Crippen LogP contribution in [0.1, 0.15) is 17.3 Å². The molecule has 0 saturated heterocycles. The Labute approximate surface area is 213 Å². The standard InChI is InChI=1S/C23H15Cl2N3O7S/c1-13(29)26(17-7-2-14(3-8-17)22(31)32)27-20-12-16(25)6-11-19(20)21(30)28(23(27)33)36(34,35)18-9-4-15(24)5-10-18/h2-12H,1H3,(H,31,32). The smallest absolute Gasteiger partial charge is 0.365 e. The summed E-state index contributed by atoms with van der Waals surface area (Å²) >= 11 is 11.9. The first-order valence-corrected chi connectivity index (χ1v) is 12.3. The number of fused-ring (bicyclic) bond motifs is 1. The van der Waals surface area contributed by atoms with Crippen molar-refractivity contribution in [1.29, 1.82) is 0 Å². The topological polar surface area (TPSA) is 136 Å². The lowest BCUT2D eigenvalue weighted by Gasteiger charge is -2.25. The Morgan fingerprint density at radius 1 is 0.889 bits per heavy atom. The van der Waals surface area contributed by atoms with E-state index in [0.717, 1.165) is 24.1 Å². The first-order chi connectivity index (χ1) is 16.9. The number of carboxylic acids is 1. The third-order valence-electron chi connectivity index (χ3n) is 5.17. The fraction of sp³-hybridized carbons (Fsp3) is 0.0435. The molecule has 1 aromatic heterocycles. The second-order valence-corrected chi connectivity index (χ2v) is 10.1. The summed E-state index contributed by atoms with van der Waals surface area (Å²) in [6.45, 7) is 1.11. The molecule has 0 saturated carbocycles. The number of rotatable bonds is 5. The molecular weight excluding hydrogens is 533 g/mol. The molecule has 0 radical (unpaired) electrons. The van der Waals surface area contributed by atoms with Gasteiger partial charge in [0.2, 0.25) is 5.91 Å². The maximum atomic E-state index is 13.7. The Morgan fingerprint density at radius 2 is 1.47 bits per heavy atom. The van der Waals surface area contributed by atoms with Gasteiger partial charge in [0.25, 0.3) is 15.6 Å². The van der Waals surface area contributed by atoms with Crippen molar-refractivity contribution in [2.45, 2.75) is 11.8 Å². The molecule has 1 N–H and O–H groups in total. The molecular formula is C23H15Cl2N3O7S. The van der Waals surface area contributed by atoms with Gasteiger partial charge in [0, 0.05) is 17.0 Å². The summed E-state index contributed by atoms with van der Waals surface area (Å²) in [6, 6.07) is 13.6. The largest absolute Gasteiger partial charge is 0.478 e. The van der Waals surface area contributed by atoms with Crippen LogP contribution in [0.4, 0.5) is 5.69 Å². The number of carbonyl (C=O) groups is 2. The molecule has 3 aromatic carbocycles. The third-order valence-corrected chi connectivity index (χ3v) is 7.32. The molecule has 0 fully saturated rings. The van der Waals surface area contributed by atoms with Crippen molar-refractivity contribution in [3.8, 4) is 0 Å². The lowest BCUT2D eigenvalue weighted by molar-refractivity contribution is -0.117. The SMILES string of the molecule is CC(=O)N(c1ccc(C(=O)O)cc1)n1c(=O)n(S(=O)(=O)c2ccc(Cl)cc2)c(=O)c2ccc(Cl)cc21. The minimum atomic E-state index is -4.74. The lowest BCUT2D eigenvalue weighted by atomic mass is 10.2. The van der Waals surface area contributed by atoms with Gasteiger partial charge >= 0.3 is 11.7 Å². The van der Waals surface area contributed by atoms with Crippen molar-refractivity contribution in [2.75, 3.05) is 5.01 Å². The highest BCUT2D eigenvalue weighted by molar-refractivity contribution is 7.90. The van der Waals surface area contributed by atoms with Gasteiger partial charge in [-0.2, -0.15) is 4.68 Å². The minimum Gasteiger partial charge on any atom is -0.478 e. The van der Waals surface area contributed by atoms with Gasteiger partial charge in [-0.15, -0.1) is 3.97 Å². The molecule has 36 heavy (non-hydrogen) atoms. The van der Waals surface area contributed by atoms with Crippen LogP contribution < -0.4 is 16.3 Å². The molecule has 0 aliphatic rings. The van der Waals surface area contributed by atoms with Crippen LogP contribution in [0.3, 0.4) is 0 Å². The highest BCUT2D eigenvalue weighted by atomic mass is 35.5. The van der Waals surface area contributed by atoms with Crippen LogP contribution in [0.2, 0.25) is 10.0 Å². The van der Waals surface area contributed by atoms with E-state index in [0.29, 0.717) is 4.68 Å². The van der Waals surface area contributed by atoms with E-state index in [1.165, 1.54) is 54.6 Å². The normalized spacial score (nSPS) is 11.4. The van der Waals surface area contributed by atoms with Crippen LogP contribution in [0.5, 0.6) is 0 Å². The van der Waals surface area contributed by atoms with Crippen LogP contribution in [0, 0.1) is 0 Å². The quantitative estimate of drug-likeness (QED) is 0.405. The van der Waals surface area contributed by atoms with Gasteiger partial charge in [-0.05, 0) is 66.7 Å². The van der Waals surface area contributed by atoms with Gasteiger partial charge in [-0.1, -0.05) is 23.2 Å². The number of halogens is 2. The summed E-state index contributed by atoms with van der Waals surface area (Å²) in [7, 11) is -4.74. The average molecular weight is 548 g/mol. The predicted octanol–water partition coefficient (Wildman–Crippen LogP) is 3.22. The van der Waals surface area contributed by atoms with E-state index in [2.05, 4.69) is 0 Å². The molecule has 10 nitrogen and oxygen atoms in total. The molecule has 0 atom stereocenters. The third kappa shape index (κ3) is 4.28. The number of amides is 1. The average Bonchev–Trinajstić information content (AvgIpc) is 2.81. The number of carboxylic acid groups (broad SMARTS) is 1. The van der Waals surface area contributed by atoms with Crippen molar-refractivity contribution in [1.82, 2.24) is 8.65 Å². The predicted molar refractivity (Wildman–Crippen MR) is 133 cm³/mol. The molecule has 4 aromatic rings. The molecule has 4 rings (SSSR count). The molecule has 1 amide bonds. The number of aromatic nitrogens is 2. The number of anilines is 1. The maximum Gasteiger partial charge on any atom is 0.365 e. The maximum absolute atomic E-state index is 13.7. The van der Waals surface area contributed by atoms with Gasteiger partial charge in [0.15, 0.2) is 0 Å². The molecule has 0 bridgehead atoms. The van der Waals surface area contributed by atoms with Gasteiger partial charge in [-0.25, -0.2) is 23.0 Å². The molecule has 0 spiro atoms. The highest BCUT2D eigenvalue weighted by Gasteiger charge is 2.29. The Bertz CT molecular complexity index is 1760. The summed E-state index contributed by atoms with van der Waals surface area (Å²) in [5, 5.41) is 10.1. The Kier molecular flexibility index (Phi) is 6.48. The summed E-state index contributed by atoms with van der Waals surface area (Å²) in [6.07, 6.45) is 0. The number of nitrogens with zero attached hydrogens (tertiary/aromatic N) is 3. The van der Waals surface area contributed by atoms with Crippen LogP contribution in [0.15, 0.2) is 81.2 Å². The van der Waals surface area contributed by atoms with Gasteiger partial charge in [0.05, 0.1) is 27.0 Å². The fourth-order valence-electron chi connectivity index (χ4n) is 3.55. The highest BCUT2D eigenvalue weighted by Crippen LogP contribution is 2.22. The van der Waals surface area contributed by atoms with E-state index in [1.54, 1.807) is 0 Å². The van der Waals surface area contributed by atoms with Crippen molar-refractivity contribution < 1.29 is 23.1 Å². The zero-order valence-corrected chi connectivity index (χ0v) is 20.6. The van der Waals surface area contributed by atoms with Crippen LogP contribution in [0.25, 0.3) is 10.9 Å². The number of benzene rings is 3. The van der Waals surface area contributed by atoms with Gasteiger partial charge < -0.3 is 5.11 Å². The zero-order valence-electron chi connectivity index (χ0n) is 18.3. The number of hydrogen-bond donors (Lipinski definition) is 1. The molecule has 184 valence electrons. The second-order valence-electron chi connectivity index (χ2n) is 7.47. The van der Waals surface area contributed by atoms with Crippen LogP contribution in [-0.4, -0.2) is 34.0 Å². The summed E-state index contributed by atoms with van der Waals surface area (Å²) < 4.78 is 27.6. The number of aromatic carboxylic acids is 1. The summed E-state index contributed by atoms with van der Waals surface area (Å²) in [5.41, 5.74) is -2.72. The molecule has 0 aliphatic carbocycles. The first-order valence-electron chi connectivity index (χ1n) is 10.1. The minimum absolute atomic E-state index is 0.0324. The van der Waals surface area contributed by atoms with Gasteiger partial charge in [0.1, 0.15) is 0 Å². The van der Waals surface area contributed by atoms with E-state index in [4.69, 9.17) is 23.2 Å². The van der Waals surface area contributed by atoms with E-state index in [-0.39, 0.29) is 41.1 Å². The summed E-state index contributed by atoms with van der Waals surface area (Å²) in [5.74, 6) is -1.96. The van der Waals surface area contributed by atoms with Crippen LogP contribution >= 0.6 is 23.2 Å². The number of hydrogen-bond acceptors (Lipinski definition) is 6. The van der Waals surface area contributed by atoms with Gasteiger partial charge in [-0.3, -0.25) is 9.59 Å². The van der Waals surface area contributed by atoms with Crippen LogP contribution in [-0.2, 0) is 14.8 Å². The van der Waals surface area contributed by atoms with E-state index >= 15 is 0 Å². The summed E-state index contributed by atoms with van der Waals surface area (Å²) in [4.78, 5) is 50.6. The first kappa shape index (κ1) is 25.2. The molecule has 0 unspecified atom stereocenters.